The molecular formula is C46H26N4. The lowest BCUT2D eigenvalue weighted by Gasteiger charge is -2.15. The Kier molecular flexibility index (Phi) is 5.63. The number of nitrogens with zero attached hydrogens (tertiary/aromatic N) is 4. The summed E-state index contributed by atoms with van der Waals surface area (Å²) in [5, 5.41) is 11.5. The first-order chi connectivity index (χ1) is 24.8. The van der Waals surface area contributed by atoms with E-state index in [4.69, 9.17) is 19.9 Å². The first kappa shape index (κ1) is 27.2. The van der Waals surface area contributed by atoms with Crippen molar-refractivity contribution in [1.29, 1.82) is 0 Å². The average molecular weight is 635 g/mol. The molecule has 4 aromatic heterocycles. The molecule has 0 N–H and O–H groups in total. The van der Waals surface area contributed by atoms with Crippen LogP contribution in [0.3, 0.4) is 0 Å². The van der Waals surface area contributed by atoms with E-state index in [2.05, 4.69) is 133 Å². The SMILES string of the molecule is c1cnc2c(c1)ccc1c(-c3ccc4c(ccc5cc(-c6c7ccccc7nc7c6ccc6cccnc67)ccc54)c3)c3ccccc3nc12. The fourth-order valence-electron chi connectivity index (χ4n) is 7.99. The van der Waals surface area contributed by atoms with E-state index in [1.807, 2.05) is 24.5 Å². The van der Waals surface area contributed by atoms with Crippen LogP contribution in [0.1, 0.15) is 0 Å². The summed E-state index contributed by atoms with van der Waals surface area (Å²) in [4.78, 5) is 19.7. The third-order valence-corrected chi connectivity index (χ3v) is 10.3. The van der Waals surface area contributed by atoms with Crippen molar-refractivity contribution in [1.82, 2.24) is 19.9 Å². The van der Waals surface area contributed by atoms with Crippen LogP contribution in [0.15, 0.2) is 158 Å². The Labute approximate surface area is 286 Å². The summed E-state index contributed by atoms with van der Waals surface area (Å²) in [5.41, 5.74) is 10.4. The maximum atomic E-state index is 5.11. The van der Waals surface area contributed by atoms with Crippen LogP contribution >= 0.6 is 0 Å². The smallest absolute Gasteiger partial charge is 0.0978 e. The van der Waals surface area contributed by atoms with E-state index in [1.165, 1.54) is 43.8 Å². The van der Waals surface area contributed by atoms with Gasteiger partial charge in [-0.25, -0.2) is 9.97 Å². The van der Waals surface area contributed by atoms with Gasteiger partial charge in [-0.2, -0.15) is 0 Å². The maximum absolute atomic E-state index is 5.11. The van der Waals surface area contributed by atoms with Crippen molar-refractivity contribution in [2.75, 3.05) is 0 Å². The molecule has 0 aliphatic rings. The van der Waals surface area contributed by atoms with Crippen molar-refractivity contribution in [2.24, 2.45) is 0 Å². The van der Waals surface area contributed by atoms with E-state index in [-0.39, 0.29) is 0 Å². The van der Waals surface area contributed by atoms with Crippen molar-refractivity contribution in [3.63, 3.8) is 0 Å². The van der Waals surface area contributed by atoms with Gasteiger partial charge in [0.2, 0.25) is 0 Å². The highest BCUT2D eigenvalue weighted by atomic mass is 14.8. The lowest BCUT2D eigenvalue weighted by atomic mass is 9.91. The third kappa shape index (κ3) is 3.93. The summed E-state index contributed by atoms with van der Waals surface area (Å²) in [5.74, 6) is 0. The monoisotopic (exact) mass is 634 g/mol. The van der Waals surface area contributed by atoms with E-state index in [9.17, 15) is 0 Å². The lowest BCUT2D eigenvalue weighted by Crippen LogP contribution is -1.92. The van der Waals surface area contributed by atoms with Crippen molar-refractivity contribution < 1.29 is 0 Å². The van der Waals surface area contributed by atoms with Gasteiger partial charge in [0.05, 0.1) is 33.1 Å². The zero-order valence-corrected chi connectivity index (χ0v) is 26.8. The molecular weight excluding hydrogens is 609 g/mol. The van der Waals surface area contributed by atoms with Gasteiger partial charge >= 0.3 is 0 Å². The lowest BCUT2D eigenvalue weighted by molar-refractivity contribution is 1.40. The number of pyridine rings is 4. The number of benzene rings is 7. The van der Waals surface area contributed by atoms with Crippen LogP contribution < -0.4 is 0 Å². The van der Waals surface area contributed by atoms with Crippen molar-refractivity contribution in [2.45, 2.75) is 0 Å². The van der Waals surface area contributed by atoms with E-state index in [0.29, 0.717) is 0 Å². The molecule has 230 valence electrons. The second kappa shape index (κ2) is 10.4. The fraction of sp³-hybridized carbons (Fsp3) is 0. The number of fused-ring (bicyclic) bond motifs is 11. The van der Waals surface area contributed by atoms with Crippen LogP contribution in [0.5, 0.6) is 0 Å². The number of aromatic nitrogens is 4. The minimum atomic E-state index is 0.929. The fourth-order valence-corrected chi connectivity index (χ4v) is 7.99. The molecule has 0 unspecified atom stereocenters. The Bertz CT molecular complexity index is 3000. The molecule has 11 aromatic rings. The standard InChI is InChI=1S/C46H26N4/c1-3-11-39-35(9-1)41(37-21-15-27-7-5-23-47-43(27)45(37)49-39)31-17-19-33-29(25-31)13-14-30-26-32(18-20-34(30)33)42-36-10-2-4-12-40(36)50-46-38(42)22-16-28-8-6-24-48-44(28)46/h1-26H. The first-order valence-electron chi connectivity index (χ1n) is 16.9. The molecule has 0 aliphatic carbocycles. The molecule has 11 rings (SSSR count). The van der Waals surface area contributed by atoms with Gasteiger partial charge in [0.25, 0.3) is 0 Å². The van der Waals surface area contributed by atoms with Crippen LogP contribution in [0.25, 0.3) is 109 Å². The highest BCUT2D eigenvalue weighted by Crippen LogP contribution is 2.41. The largest absolute Gasteiger partial charge is 0.254 e. The number of rotatable bonds is 2. The highest BCUT2D eigenvalue weighted by Gasteiger charge is 2.17. The third-order valence-electron chi connectivity index (χ3n) is 10.3. The summed E-state index contributed by atoms with van der Waals surface area (Å²) < 4.78 is 0. The van der Waals surface area contributed by atoms with E-state index in [1.54, 1.807) is 0 Å². The van der Waals surface area contributed by atoms with E-state index < -0.39 is 0 Å². The molecule has 0 saturated carbocycles. The van der Waals surface area contributed by atoms with Crippen LogP contribution in [-0.4, -0.2) is 19.9 Å². The van der Waals surface area contributed by atoms with Gasteiger partial charge in [-0.05, 0) is 69.1 Å². The minimum Gasteiger partial charge on any atom is -0.254 e. The Balaban J connectivity index is 1.12. The minimum absolute atomic E-state index is 0.929. The van der Waals surface area contributed by atoms with Crippen molar-refractivity contribution in [3.8, 4) is 22.3 Å². The average Bonchev–Trinajstić information content (AvgIpc) is 3.18. The second-order valence-corrected chi connectivity index (χ2v) is 13.0. The zero-order chi connectivity index (χ0) is 32.8. The number of hydrogen-bond donors (Lipinski definition) is 0. The molecule has 0 bridgehead atoms. The van der Waals surface area contributed by atoms with Crippen LogP contribution in [0.2, 0.25) is 0 Å². The molecule has 0 amide bonds. The van der Waals surface area contributed by atoms with Crippen LogP contribution in [-0.2, 0) is 0 Å². The molecule has 4 heteroatoms. The molecule has 0 spiro atoms. The molecule has 0 fully saturated rings. The predicted octanol–water partition coefficient (Wildman–Crippen LogP) is 11.8. The number of hydrogen-bond acceptors (Lipinski definition) is 4. The summed E-state index contributed by atoms with van der Waals surface area (Å²) in [6.07, 6.45) is 3.70. The van der Waals surface area contributed by atoms with Gasteiger partial charge in [0, 0.05) is 55.8 Å². The normalized spacial score (nSPS) is 12.0. The maximum Gasteiger partial charge on any atom is 0.0978 e. The van der Waals surface area contributed by atoms with Gasteiger partial charge < -0.3 is 0 Å². The summed E-state index contributed by atoms with van der Waals surface area (Å²) in [6.45, 7) is 0. The van der Waals surface area contributed by atoms with Gasteiger partial charge in [-0.3, -0.25) is 9.97 Å². The molecule has 0 atom stereocenters. The molecule has 50 heavy (non-hydrogen) atoms. The van der Waals surface area contributed by atoms with E-state index >= 15 is 0 Å². The Hall–Kier alpha value is -6.78. The highest BCUT2D eigenvalue weighted by molar-refractivity contribution is 6.19. The van der Waals surface area contributed by atoms with E-state index in [0.717, 1.165) is 65.4 Å². The van der Waals surface area contributed by atoms with Crippen molar-refractivity contribution >= 4 is 87.0 Å². The molecule has 0 aliphatic heterocycles. The van der Waals surface area contributed by atoms with Gasteiger partial charge in [-0.15, -0.1) is 0 Å². The second-order valence-electron chi connectivity index (χ2n) is 13.0. The first-order valence-corrected chi connectivity index (χ1v) is 16.9. The van der Waals surface area contributed by atoms with Gasteiger partial charge in [-0.1, -0.05) is 109 Å². The topological polar surface area (TPSA) is 51.6 Å². The van der Waals surface area contributed by atoms with Gasteiger partial charge in [0.15, 0.2) is 0 Å². The molecule has 0 saturated heterocycles. The summed E-state index contributed by atoms with van der Waals surface area (Å²) >= 11 is 0. The molecule has 4 heterocycles. The zero-order valence-electron chi connectivity index (χ0n) is 26.8. The summed E-state index contributed by atoms with van der Waals surface area (Å²) in [7, 11) is 0. The predicted molar refractivity (Wildman–Crippen MR) is 209 cm³/mol. The van der Waals surface area contributed by atoms with Crippen LogP contribution in [0, 0.1) is 0 Å². The molecule has 4 nitrogen and oxygen atoms in total. The van der Waals surface area contributed by atoms with Crippen LogP contribution in [0.4, 0.5) is 0 Å². The summed E-state index contributed by atoms with van der Waals surface area (Å²) in [6, 6.07) is 52.0. The van der Waals surface area contributed by atoms with Crippen molar-refractivity contribution in [3.05, 3.63) is 158 Å². The Morgan fingerprint density at radius 3 is 1.24 bits per heavy atom. The Morgan fingerprint density at radius 1 is 0.300 bits per heavy atom. The molecule has 7 aromatic carbocycles. The van der Waals surface area contributed by atoms with Gasteiger partial charge in [0.1, 0.15) is 0 Å². The Morgan fingerprint density at radius 2 is 0.740 bits per heavy atom. The molecule has 0 radical (unpaired) electrons. The quantitative estimate of drug-likeness (QED) is 0.140. The number of para-hydroxylation sites is 2.